The first-order valence-electron chi connectivity index (χ1n) is 12.2. The first kappa shape index (κ1) is 26.1. The van der Waals surface area contributed by atoms with Crippen LogP contribution in [-0.4, -0.2) is 85.7 Å². The summed E-state index contributed by atoms with van der Waals surface area (Å²) in [5, 5.41) is 0. The van der Waals surface area contributed by atoms with Gasteiger partial charge < -0.3 is 4.90 Å². The summed E-state index contributed by atoms with van der Waals surface area (Å²) in [4.78, 5) is 11.0. The molecular weight excluding hydrogens is 477 g/mol. The SMILES string of the molecule is O=S(=O)(CCN1CCCN(C2CCN(Cc3ccc(C(F)(F)F)nc3)CC2)CC1)c1ccccc1. The highest BCUT2D eigenvalue weighted by atomic mass is 32.2. The van der Waals surface area contributed by atoms with Crippen molar-refractivity contribution in [2.24, 2.45) is 0 Å². The highest BCUT2D eigenvalue weighted by Gasteiger charge is 2.32. The van der Waals surface area contributed by atoms with Gasteiger partial charge >= 0.3 is 6.18 Å². The predicted octanol–water partition coefficient (Wildman–Crippen LogP) is 3.55. The van der Waals surface area contributed by atoms with Crippen LogP contribution in [0.25, 0.3) is 0 Å². The lowest BCUT2D eigenvalue weighted by Gasteiger charge is -2.38. The fourth-order valence-electron chi connectivity index (χ4n) is 4.96. The molecule has 3 heterocycles. The quantitative estimate of drug-likeness (QED) is 0.568. The molecule has 0 bridgehead atoms. The molecule has 0 aliphatic carbocycles. The average molecular weight is 511 g/mol. The Kier molecular flexibility index (Phi) is 8.46. The van der Waals surface area contributed by atoms with Gasteiger partial charge in [-0.2, -0.15) is 13.2 Å². The van der Waals surface area contributed by atoms with Crippen molar-refractivity contribution < 1.29 is 21.6 Å². The molecule has 2 aromatic rings. The molecule has 0 atom stereocenters. The Bertz CT molecular complexity index is 1040. The Morgan fingerprint density at radius 2 is 1.63 bits per heavy atom. The van der Waals surface area contributed by atoms with Crippen LogP contribution in [0.1, 0.15) is 30.5 Å². The topological polar surface area (TPSA) is 56.8 Å². The molecule has 4 rings (SSSR count). The summed E-state index contributed by atoms with van der Waals surface area (Å²) in [6, 6.07) is 11.7. The second-order valence-corrected chi connectivity index (χ2v) is 11.5. The van der Waals surface area contributed by atoms with Crippen molar-refractivity contribution in [2.75, 3.05) is 51.6 Å². The summed E-state index contributed by atoms with van der Waals surface area (Å²) in [6.45, 7) is 6.67. The molecule has 35 heavy (non-hydrogen) atoms. The van der Waals surface area contributed by atoms with Crippen LogP contribution in [0, 0.1) is 0 Å². The minimum atomic E-state index is -4.41. The van der Waals surface area contributed by atoms with Crippen LogP contribution < -0.4 is 0 Å². The average Bonchev–Trinajstić information content (AvgIpc) is 3.10. The smallest absolute Gasteiger partial charge is 0.301 e. The number of alkyl halides is 3. The van der Waals surface area contributed by atoms with Gasteiger partial charge in [-0.25, -0.2) is 8.42 Å². The van der Waals surface area contributed by atoms with Crippen LogP contribution in [0.15, 0.2) is 53.6 Å². The van der Waals surface area contributed by atoms with E-state index in [1.165, 1.54) is 12.3 Å². The van der Waals surface area contributed by atoms with E-state index >= 15 is 0 Å². The molecular formula is C25H33F3N4O2S. The van der Waals surface area contributed by atoms with Gasteiger partial charge in [0.15, 0.2) is 9.84 Å². The van der Waals surface area contributed by atoms with Crippen LogP contribution in [0.3, 0.4) is 0 Å². The van der Waals surface area contributed by atoms with Gasteiger partial charge in [-0.3, -0.25) is 14.8 Å². The number of halogens is 3. The number of sulfone groups is 1. The lowest BCUT2D eigenvalue weighted by atomic mass is 10.0. The molecule has 0 spiro atoms. The summed E-state index contributed by atoms with van der Waals surface area (Å²) in [5.41, 5.74) is -0.0554. The summed E-state index contributed by atoms with van der Waals surface area (Å²) >= 11 is 0. The van der Waals surface area contributed by atoms with Gasteiger partial charge in [0.25, 0.3) is 0 Å². The Morgan fingerprint density at radius 1 is 0.886 bits per heavy atom. The number of likely N-dealkylation sites (tertiary alicyclic amines) is 1. The number of aromatic nitrogens is 1. The molecule has 2 aliphatic rings. The lowest BCUT2D eigenvalue weighted by Crippen LogP contribution is -2.46. The molecule has 0 N–H and O–H groups in total. The summed E-state index contributed by atoms with van der Waals surface area (Å²) in [7, 11) is -3.27. The number of hydrogen-bond acceptors (Lipinski definition) is 6. The molecule has 2 aliphatic heterocycles. The molecule has 0 saturated carbocycles. The molecule has 2 saturated heterocycles. The highest BCUT2D eigenvalue weighted by molar-refractivity contribution is 7.91. The molecule has 2 fully saturated rings. The molecule has 1 aromatic heterocycles. The largest absolute Gasteiger partial charge is 0.433 e. The molecule has 0 radical (unpaired) electrons. The first-order valence-corrected chi connectivity index (χ1v) is 13.8. The Labute approximate surface area is 205 Å². The Hall–Kier alpha value is -2.01. The maximum absolute atomic E-state index is 12.7. The summed E-state index contributed by atoms with van der Waals surface area (Å²) in [5.74, 6) is 0.133. The Balaban J connectivity index is 1.21. The third-order valence-electron chi connectivity index (χ3n) is 7.00. The van der Waals surface area contributed by atoms with Crippen LogP contribution in [0.5, 0.6) is 0 Å². The number of benzene rings is 1. The lowest BCUT2D eigenvalue weighted by molar-refractivity contribution is -0.141. The van der Waals surface area contributed by atoms with Gasteiger partial charge in [-0.15, -0.1) is 0 Å². The van der Waals surface area contributed by atoms with Crippen molar-refractivity contribution in [1.29, 1.82) is 0 Å². The van der Waals surface area contributed by atoms with Crippen molar-refractivity contribution in [3.8, 4) is 0 Å². The van der Waals surface area contributed by atoms with Gasteiger partial charge in [0.1, 0.15) is 5.69 Å². The molecule has 6 nitrogen and oxygen atoms in total. The van der Waals surface area contributed by atoms with Crippen molar-refractivity contribution in [2.45, 2.75) is 42.9 Å². The van der Waals surface area contributed by atoms with Gasteiger partial charge in [0.05, 0.1) is 10.6 Å². The van der Waals surface area contributed by atoms with E-state index in [1.54, 1.807) is 24.3 Å². The van der Waals surface area contributed by atoms with Gasteiger partial charge in [-0.1, -0.05) is 24.3 Å². The van der Waals surface area contributed by atoms with Crippen molar-refractivity contribution in [3.05, 3.63) is 59.9 Å². The van der Waals surface area contributed by atoms with Crippen LogP contribution >= 0.6 is 0 Å². The standard InChI is InChI=1S/C25H33F3N4O2S/c26-25(27,28)24-8-7-21(19-29-24)20-31-13-9-22(10-14-31)32-12-4-11-30(15-16-32)17-18-35(33,34)23-5-2-1-3-6-23/h1-3,5-8,19,22H,4,9-18,20H2. The molecule has 10 heteroatoms. The van der Waals surface area contributed by atoms with Crippen LogP contribution in [-0.2, 0) is 22.6 Å². The molecule has 1 aromatic carbocycles. The van der Waals surface area contributed by atoms with Gasteiger partial charge in [0, 0.05) is 38.4 Å². The van der Waals surface area contributed by atoms with E-state index in [4.69, 9.17) is 0 Å². The minimum absolute atomic E-state index is 0.133. The summed E-state index contributed by atoms with van der Waals surface area (Å²) < 4.78 is 63.3. The first-order chi connectivity index (χ1) is 16.7. The minimum Gasteiger partial charge on any atom is -0.301 e. The third-order valence-corrected chi connectivity index (χ3v) is 8.71. The van der Waals surface area contributed by atoms with E-state index in [2.05, 4.69) is 19.7 Å². The van der Waals surface area contributed by atoms with Crippen molar-refractivity contribution >= 4 is 9.84 Å². The summed E-state index contributed by atoms with van der Waals surface area (Å²) in [6.07, 6.45) is -0.0121. The van der Waals surface area contributed by atoms with Gasteiger partial charge in [0.2, 0.25) is 0 Å². The van der Waals surface area contributed by atoms with Crippen molar-refractivity contribution in [1.82, 2.24) is 19.7 Å². The van der Waals surface area contributed by atoms with E-state index in [9.17, 15) is 21.6 Å². The number of hydrogen-bond donors (Lipinski definition) is 0. The van der Waals surface area contributed by atoms with E-state index in [1.807, 2.05) is 6.07 Å². The maximum atomic E-state index is 12.7. The number of nitrogens with zero attached hydrogens (tertiary/aromatic N) is 4. The zero-order valence-electron chi connectivity index (χ0n) is 19.8. The van der Waals surface area contributed by atoms with E-state index in [-0.39, 0.29) is 5.75 Å². The van der Waals surface area contributed by atoms with Crippen LogP contribution in [0.4, 0.5) is 13.2 Å². The van der Waals surface area contributed by atoms with Gasteiger partial charge in [-0.05, 0) is 69.2 Å². The predicted molar refractivity (Wildman–Crippen MR) is 129 cm³/mol. The third kappa shape index (κ3) is 7.25. The fraction of sp³-hybridized carbons (Fsp3) is 0.560. The highest BCUT2D eigenvalue weighted by Crippen LogP contribution is 2.27. The molecule has 192 valence electrons. The number of rotatable bonds is 7. The van der Waals surface area contributed by atoms with Crippen molar-refractivity contribution in [3.63, 3.8) is 0 Å². The molecule has 0 unspecified atom stereocenters. The zero-order valence-corrected chi connectivity index (χ0v) is 20.6. The molecule has 0 amide bonds. The van der Waals surface area contributed by atoms with E-state index in [0.717, 1.165) is 70.2 Å². The zero-order chi connectivity index (χ0) is 24.9. The monoisotopic (exact) mass is 510 g/mol. The second kappa shape index (κ2) is 11.4. The number of piperidine rings is 1. The maximum Gasteiger partial charge on any atom is 0.433 e. The van der Waals surface area contributed by atoms with E-state index < -0.39 is 21.7 Å². The number of pyridine rings is 1. The second-order valence-electron chi connectivity index (χ2n) is 9.42. The fourth-order valence-corrected chi connectivity index (χ4v) is 6.27. The van der Waals surface area contributed by atoms with E-state index in [0.29, 0.717) is 24.0 Å². The normalized spacial score (nSPS) is 20.1. The Morgan fingerprint density at radius 3 is 2.29 bits per heavy atom. The van der Waals surface area contributed by atoms with Crippen LogP contribution in [0.2, 0.25) is 0 Å².